The number of carbonyl (C=O) groups excluding carboxylic acids is 1. The van der Waals surface area contributed by atoms with Crippen LogP contribution < -0.4 is 20.7 Å². The van der Waals surface area contributed by atoms with E-state index >= 15 is 0 Å². The first-order valence-corrected chi connectivity index (χ1v) is 16.8. The van der Waals surface area contributed by atoms with Crippen molar-refractivity contribution in [3.05, 3.63) is 75.1 Å². The van der Waals surface area contributed by atoms with E-state index in [2.05, 4.69) is 17.2 Å². The van der Waals surface area contributed by atoms with E-state index in [0.29, 0.717) is 24.9 Å². The van der Waals surface area contributed by atoms with Crippen LogP contribution in [0.1, 0.15) is 85.5 Å². The van der Waals surface area contributed by atoms with Crippen molar-refractivity contribution in [1.82, 2.24) is 5.32 Å². The fourth-order valence-corrected chi connectivity index (χ4v) is 7.13. The molecule has 0 saturated heterocycles. The topological polar surface area (TPSA) is 182 Å². The Kier molecular flexibility index (Phi) is 10.3. The molecule has 0 amide bonds. The Morgan fingerprint density at radius 2 is 1.98 bits per heavy atom. The number of nitrogens with one attached hydrogen (secondary N) is 2. The molecule has 0 radical (unpaired) electrons. The zero-order chi connectivity index (χ0) is 33.9. The third-order valence-corrected chi connectivity index (χ3v) is 9.67. The number of phenolic OH excluding ortho intramolecular Hbond substituents is 2. The lowest BCUT2D eigenvalue weighted by molar-refractivity contribution is -0.885. The molecule has 0 aromatic heterocycles. The molecule has 4 aliphatic rings. The van der Waals surface area contributed by atoms with Gasteiger partial charge in [-0.2, -0.15) is 0 Å². The van der Waals surface area contributed by atoms with Crippen LogP contribution in [0.4, 0.5) is 0 Å². The van der Waals surface area contributed by atoms with Gasteiger partial charge < -0.3 is 36.0 Å². The number of aliphatic hydroxyl groups excluding tert-OH is 3. The smallest absolute Gasteiger partial charge is 0.247 e. The highest BCUT2D eigenvalue weighted by Crippen LogP contribution is 2.36. The molecule has 4 heterocycles. The highest BCUT2D eigenvalue weighted by molar-refractivity contribution is 5.87. The molecule has 2 aromatic rings. The summed E-state index contributed by atoms with van der Waals surface area (Å²) in [5.74, 6) is 5.66. The minimum absolute atomic E-state index is 0.0665. The van der Waals surface area contributed by atoms with E-state index in [1.165, 1.54) is 12.1 Å². The number of aromatic hydroxyl groups is 2. The minimum atomic E-state index is -1.02. The van der Waals surface area contributed by atoms with Gasteiger partial charge in [0, 0.05) is 43.7 Å². The van der Waals surface area contributed by atoms with Crippen LogP contribution in [0.15, 0.2) is 52.3 Å². The zero-order valence-corrected chi connectivity index (χ0v) is 27.2. The number of aliphatic hydroxyl groups is 3. The Bertz CT molecular complexity index is 1720. The Morgan fingerprint density at radius 1 is 1.17 bits per heavy atom. The molecule has 0 aliphatic carbocycles. The van der Waals surface area contributed by atoms with E-state index in [0.717, 1.165) is 63.4 Å². The Balaban J connectivity index is 1.22. The van der Waals surface area contributed by atoms with E-state index in [-0.39, 0.29) is 61.3 Å². The van der Waals surface area contributed by atoms with Gasteiger partial charge >= 0.3 is 0 Å². The quantitative estimate of drug-likeness (QED) is 0.166. The average Bonchev–Trinajstić information content (AvgIpc) is 3.62. The van der Waals surface area contributed by atoms with E-state index < -0.39 is 24.5 Å². The number of nitrogens with two attached hydrogens (primary N) is 1. The molecule has 9 N–H and O–H groups in total. The van der Waals surface area contributed by atoms with Gasteiger partial charge in [0.15, 0.2) is 11.5 Å². The van der Waals surface area contributed by atoms with Crippen molar-refractivity contribution < 1.29 is 40.0 Å². The van der Waals surface area contributed by atoms with Gasteiger partial charge in [0.2, 0.25) is 6.23 Å². The van der Waals surface area contributed by atoms with Crippen LogP contribution in [0.3, 0.4) is 0 Å². The molecule has 11 nitrogen and oxygen atoms in total. The van der Waals surface area contributed by atoms with Gasteiger partial charge in [0.25, 0.3) is 0 Å². The summed E-state index contributed by atoms with van der Waals surface area (Å²) in [6.07, 6.45) is 3.74. The maximum atomic E-state index is 12.6. The molecule has 4 aliphatic heterocycles. The monoisotopic (exact) mass is 657 g/mol. The molecule has 254 valence electrons. The maximum Gasteiger partial charge on any atom is 0.247 e. The standard InChI is InChI=1S/C37H44N4O7/c1-2-4-23(42)15-25(44)16-24(43)8-7-21-14-35(34(47)17-33(21)46)48-36-6-3-5-32(45)27-9-10-28-26(11-12-39-37(28)38)29(27)13-22-18-40-31-20-41(36)19-30(22)31/h9-10,14,17-18,20,23,25,32,36-37,39,42,44-47H,2,4,6-8,11-13,15-16,19,38H2,1H3/p+1/t23-,25+,32-,36-,37+/m0/s1. The van der Waals surface area contributed by atoms with Crippen LogP contribution in [0, 0.1) is 11.8 Å². The number of quaternary nitrogens is 1. The summed E-state index contributed by atoms with van der Waals surface area (Å²) in [7, 11) is 0. The van der Waals surface area contributed by atoms with Crippen LogP contribution in [0.5, 0.6) is 17.2 Å². The minimum Gasteiger partial charge on any atom is -0.508 e. The summed E-state index contributed by atoms with van der Waals surface area (Å²) in [5.41, 5.74) is 13.8. The van der Waals surface area contributed by atoms with E-state index in [4.69, 9.17) is 15.5 Å². The number of phenols is 2. The number of Topliss-reactive ketones (excluding diaryl/α,β-unsaturated/α-hetero) is 1. The number of aryl methyl sites for hydroxylation is 1. The number of benzene rings is 2. The first-order valence-electron chi connectivity index (χ1n) is 16.8. The van der Waals surface area contributed by atoms with E-state index in [1.807, 2.05) is 31.5 Å². The Morgan fingerprint density at radius 3 is 2.79 bits per heavy atom. The molecule has 0 saturated carbocycles. The van der Waals surface area contributed by atoms with Crippen molar-refractivity contribution in [1.29, 1.82) is 0 Å². The highest BCUT2D eigenvalue weighted by Gasteiger charge is 2.36. The third-order valence-electron chi connectivity index (χ3n) is 9.67. The number of nitrogens with zero attached hydrogens (tertiary/aromatic N) is 1. The van der Waals surface area contributed by atoms with Crippen LogP contribution in [-0.4, -0.2) is 69.1 Å². The number of fused-ring (bicyclic) bond motifs is 4. The van der Waals surface area contributed by atoms with E-state index in [9.17, 15) is 30.3 Å². The zero-order valence-electron chi connectivity index (χ0n) is 27.2. The van der Waals surface area contributed by atoms with Gasteiger partial charge in [-0.1, -0.05) is 37.3 Å². The predicted octanol–water partition coefficient (Wildman–Crippen LogP) is 1.51. The summed E-state index contributed by atoms with van der Waals surface area (Å²) in [5, 5.41) is 56.1. The van der Waals surface area contributed by atoms with Gasteiger partial charge in [-0.15, -0.1) is 0 Å². The predicted molar refractivity (Wildman–Crippen MR) is 179 cm³/mol. The fraction of sp³-hybridized carbons (Fsp3) is 0.459. The van der Waals surface area contributed by atoms with Crippen LogP contribution >= 0.6 is 0 Å². The molecule has 2 bridgehead atoms. The van der Waals surface area contributed by atoms with Crippen LogP contribution in [0.25, 0.3) is 0 Å². The number of ether oxygens (including phenoxy) is 1. The number of rotatable bonds is 11. The molecule has 2 aromatic carbocycles. The molecule has 6 atom stereocenters. The molecular formula is C37H45N4O7+. The van der Waals surface area contributed by atoms with Crippen LogP contribution in [-0.2, 0) is 24.1 Å². The number of hydrogen-bond acceptors (Lipinski definition) is 10. The highest BCUT2D eigenvalue weighted by atomic mass is 16.5. The molecule has 1 unspecified atom stereocenters. The van der Waals surface area contributed by atoms with Crippen molar-refractivity contribution in [2.75, 3.05) is 13.1 Å². The second kappa shape index (κ2) is 14.6. The van der Waals surface area contributed by atoms with Crippen molar-refractivity contribution in [2.45, 2.75) is 95.4 Å². The third kappa shape index (κ3) is 7.34. The summed E-state index contributed by atoms with van der Waals surface area (Å²) in [6, 6.07) is 6.62. The Labute approximate surface area is 280 Å². The first kappa shape index (κ1) is 33.9. The molecule has 0 fully saturated rings. The number of carbonyl (C=O) groups is 1. The fourth-order valence-electron chi connectivity index (χ4n) is 7.13. The second-order valence-electron chi connectivity index (χ2n) is 13.2. The molecule has 48 heavy (non-hydrogen) atoms. The summed E-state index contributed by atoms with van der Waals surface area (Å²) < 4.78 is 6.38. The van der Waals surface area contributed by atoms with Gasteiger partial charge in [-0.3, -0.25) is 20.0 Å². The van der Waals surface area contributed by atoms with Crippen molar-refractivity contribution in [2.24, 2.45) is 10.7 Å². The summed E-state index contributed by atoms with van der Waals surface area (Å²) >= 11 is 0. The summed E-state index contributed by atoms with van der Waals surface area (Å²) in [4.78, 5) is 18.2. The average molecular weight is 658 g/mol. The van der Waals surface area contributed by atoms with Crippen molar-refractivity contribution in [3.63, 3.8) is 0 Å². The Hall–Kier alpha value is -4.02. The van der Waals surface area contributed by atoms with Crippen molar-refractivity contribution in [3.8, 4) is 29.1 Å². The summed E-state index contributed by atoms with van der Waals surface area (Å²) in [6.45, 7) is 3.30. The SMILES string of the molecule is CCC[C@H](O)C[C@@H](O)CC(=O)CCc1cc(O[C@H]2CC#C[C@H](O)c3ccc4c(c3CC3=C5C[NH+]2C=C5N=C3)CCN[C@H]4N)c(O)cc1O. The molecule has 6 rings (SSSR count). The number of aliphatic imine (C=N–C) groups is 1. The lowest BCUT2D eigenvalue weighted by atomic mass is 9.85. The molecule has 0 spiro atoms. The van der Waals surface area contributed by atoms with Crippen LogP contribution in [0.2, 0.25) is 0 Å². The lowest BCUT2D eigenvalue weighted by Gasteiger charge is -2.28. The van der Waals surface area contributed by atoms with Gasteiger partial charge in [0.1, 0.15) is 42.5 Å². The molecule has 11 heteroatoms. The van der Waals surface area contributed by atoms with Gasteiger partial charge in [-0.25, -0.2) is 0 Å². The number of ketones is 1. The van der Waals surface area contributed by atoms with Gasteiger partial charge in [-0.05, 0) is 65.1 Å². The maximum absolute atomic E-state index is 12.6. The largest absolute Gasteiger partial charge is 0.508 e. The normalized spacial score (nSPS) is 24.0. The first-order chi connectivity index (χ1) is 23.1. The van der Waals surface area contributed by atoms with E-state index in [1.54, 1.807) is 0 Å². The number of hydrogen-bond donors (Lipinski definition) is 8. The molecular weight excluding hydrogens is 612 g/mol. The number of allylic oxidation sites excluding steroid dienone is 1. The second-order valence-corrected chi connectivity index (χ2v) is 13.2. The van der Waals surface area contributed by atoms with Gasteiger partial charge in [0.05, 0.1) is 18.4 Å². The van der Waals surface area contributed by atoms with Crippen molar-refractivity contribution >= 4 is 12.0 Å². The lowest BCUT2D eigenvalue weighted by Crippen LogP contribution is -3.11.